The molecule has 18 heavy (non-hydrogen) atoms. The summed E-state index contributed by atoms with van der Waals surface area (Å²) in [5.41, 5.74) is 0. The Morgan fingerprint density at radius 3 is 2.61 bits per heavy atom. The van der Waals surface area contributed by atoms with Crippen LogP contribution in [0.2, 0.25) is 0 Å². The summed E-state index contributed by atoms with van der Waals surface area (Å²) in [6.45, 7) is -0.460. The van der Waals surface area contributed by atoms with E-state index in [2.05, 4.69) is 21.2 Å². The molecule has 5 atom stereocenters. The van der Waals surface area contributed by atoms with Crippen molar-refractivity contribution >= 4 is 27.9 Å². The normalized spacial score (nSPS) is 41.1. The maximum absolute atomic E-state index is 11.6. The van der Waals surface area contributed by atoms with Gasteiger partial charge in [0.15, 0.2) is 6.23 Å². The molecule has 3 amide bonds. The van der Waals surface area contributed by atoms with Crippen molar-refractivity contribution in [2.24, 2.45) is 0 Å². The van der Waals surface area contributed by atoms with Gasteiger partial charge in [0.05, 0.1) is 6.61 Å². The van der Waals surface area contributed by atoms with Crippen LogP contribution in [0, 0.1) is 0 Å². The van der Waals surface area contributed by atoms with Gasteiger partial charge in [-0.25, -0.2) is 4.79 Å². The molecule has 102 valence electrons. The largest absolute Gasteiger partial charge is 0.394 e. The molecule has 0 aromatic rings. The average Bonchev–Trinajstić information content (AvgIpc) is 2.61. The number of aliphatic hydroxyl groups is 3. The number of carbonyl (C=O) groups excluding carboxylic acids is 2. The summed E-state index contributed by atoms with van der Waals surface area (Å²) in [5, 5.41) is 30.4. The van der Waals surface area contributed by atoms with E-state index in [0.29, 0.717) is 0 Å². The van der Waals surface area contributed by atoms with Gasteiger partial charge in [-0.05, 0) is 0 Å². The van der Waals surface area contributed by atoms with Gasteiger partial charge in [0.2, 0.25) is 5.91 Å². The molecular formula is C9H13BrN2O6. The van der Waals surface area contributed by atoms with Gasteiger partial charge in [-0.15, -0.1) is 0 Å². The Balaban J connectivity index is 2.12. The second-order valence-corrected chi connectivity index (χ2v) is 5.25. The lowest BCUT2D eigenvalue weighted by Gasteiger charge is -2.34. The van der Waals surface area contributed by atoms with E-state index < -0.39 is 47.9 Å². The van der Waals surface area contributed by atoms with E-state index in [1.165, 1.54) is 0 Å². The Hall–Kier alpha value is -0.740. The zero-order valence-corrected chi connectivity index (χ0v) is 10.8. The third-order valence-electron chi connectivity index (χ3n) is 2.96. The fourth-order valence-electron chi connectivity index (χ4n) is 1.95. The van der Waals surface area contributed by atoms with E-state index in [1.54, 1.807) is 0 Å². The molecule has 2 saturated heterocycles. The van der Waals surface area contributed by atoms with Crippen molar-refractivity contribution in [2.45, 2.75) is 29.4 Å². The van der Waals surface area contributed by atoms with Crippen LogP contribution in [0.1, 0.15) is 0 Å². The van der Waals surface area contributed by atoms with Gasteiger partial charge in [0, 0.05) is 6.54 Å². The van der Waals surface area contributed by atoms with Crippen molar-refractivity contribution in [1.82, 2.24) is 10.2 Å². The standard InChI is InChI=1S/C9H13BrN2O6/c10-3-1-12(9(17)11-7(3)16)8-6(15)5(14)4(2-13)18-8/h3-6,8,13-15H,1-2H2,(H,11,16,17)/t3?,4-,5-,6-,8-/m1/s1. The molecule has 9 heteroatoms. The minimum atomic E-state index is -1.33. The number of amides is 3. The molecule has 0 radical (unpaired) electrons. The molecule has 8 nitrogen and oxygen atoms in total. The number of hydrogen-bond donors (Lipinski definition) is 4. The van der Waals surface area contributed by atoms with Gasteiger partial charge in [0.25, 0.3) is 0 Å². The number of urea groups is 1. The summed E-state index contributed by atoms with van der Waals surface area (Å²) in [6, 6.07) is -0.703. The highest BCUT2D eigenvalue weighted by molar-refractivity contribution is 9.10. The van der Waals surface area contributed by atoms with Gasteiger partial charge >= 0.3 is 6.03 Å². The fourth-order valence-corrected chi connectivity index (χ4v) is 2.38. The first-order chi connectivity index (χ1) is 8.45. The lowest BCUT2D eigenvalue weighted by molar-refractivity contribution is -0.124. The van der Waals surface area contributed by atoms with E-state index in [4.69, 9.17) is 9.84 Å². The van der Waals surface area contributed by atoms with Gasteiger partial charge in [-0.2, -0.15) is 0 Å². The maximum atomic E-state index is 11.6. The van der Waals surface area contributed by atoms with Crippen LogP contribution in [0.15, 0.2) is 0 Å². The molecule has 2 aliphatic rings. The zero-order valence-electron chi connectivity index (χ0n) is 9.19. The highest BCUT2D eigenvalue weighted by atomic mass is 79.9. The van der Waals surface area contributed by atoms with Crippen LogP contribution in [-0.2, 0) is 9.53 Å². The summed E-state index contributed by atoms with van der Waals surface area (Å²) in [7, 11) is 0. The third kappa shape index (κ3) is 2.24. The lowest BCUT2D eigenvalue weighted by Crippen LogP contribution is -2.60. The van der Waals surface area contributed by atoms with Crippen LogP contribution < -0.4 is 5.32 Å². The zero-order chi connectivity index (χ0) is 13.4. The number of nitrogens with one attached hydrogen (secondary N) is 1. The van der Waals surface area contributed by atoms with E-state index >= 15 is 0 Å². The lowest BCUT2D eigenvalue weighted by atomic mass is 10.1. The number of ether oxygens (including phenoxy) is 1. The van der Waals surface area contributed by atoms with Crippen LogP contribution in [-0.4, -0.2) is 74.7 Å². The number of alkyl halides is 1. The van der Waals surface area contributed by atoms with E-state index in [0.717, 1.165) is 4.90 Å². The molecule has 2 aliphatic heterocycles. The Kier molecular flexibility index (Phi) is 3.87. The van der Waals surface area contributed by atoms with Crippen molar-refractivity contribution in [1.29, 1.82) is 0 Å². The van der Waals surface area contributed by atoms with Gasteiger partial charge < -0.3 is 20.1 Å². The predicted octanol–water partition coefficient (Wildman–Crippen LogP) is -2.26. The highest BCUT2D eigenvalue weighted by Crippen LogP contribution is 2.26. The monoisotopic (exact) mass is 324 g/mol. The van der Waals surface area contributed by atoms with E-state index in [-0.39, 0.29) is 6.54 Å². The Morgan fingerprint density at radius 2 is 2.06 bits per heavy atom. The van der Waals surface area contributed by atoms with Crippen LogP contribution in [0.5, 0.6) is 0 Å². The Bertz CT molecular complexity index is 367. The summed E-state index contributed by atoms with van der Waals surface area (Å²) < 4.78 is 5.21. The van der Waals surface area contributed by atoms with Crippen LogP contribution in [0.25, 0.3) is 0 Å². The van der Waals surface area contributed by atoms with Crippen molar-refractivity contribution < 1.29 is 29.6 Å². The second kappa shape index (κ2) is 5.10. The predicted molar refractivity (Wildman–Crippen MR) is 60.7 cm³/mol. The SMILES string of the molecule is O=C1NC(=O)N([C@@H]2O[C@H](CO)[C@@H](O)[C@H]2O)CC1Br. The second-order valence-electron chi connectivity index (χ2n) is 4.14. The molecule has 2 heterocycles. The Morgan fingerprint density at radius 1 is 1.39 bits per heavy atom. The van der Waals surface area contributed by atoms with Crippen molar-refractivity contribution in [3.63, 3.8) is 0 Å². The van der Waals surface area contributed by atoms with Gasteiger partial charge in [-0.1, -0.05) is 15.9 Å². The molecule has 1 unspecified atom stereocenters. The number of aliphatic hydroxyl groups excluding tert-OH is 3. The van der Waals surface area contributed by atoms with Crippen LogP contribution >= 0.6 is 15.9 Å². The first-order valence-electron chi connectivity index (χ1n) is 5.33. The molecule has 0 aromatic carbocycles. The van der Waals surface area contributed by atoms with Gasteiger partial charge in [0.1, 0.15) is 23.1 Å². The number of hydrogen-bond acceptors (Lipinski definition) is 6. The summed E-state index contributed by atoms with van der Waals surface area (Å²) in [4.78, 5) is 23.3. The first-order valence-corrected chi connectivity index (χ1v) is 6.25. The van der Waals surface area contributed by atoms with Crippen LogP contribution in [0.3, 0.4) is 0 Å². The molecule has 0 aromatic heterocycles. The maximum Gasteiger partial charge on any atom is 0.326 e. The number of rotatable bonds is 2. The number of nitrogens with zero attached hydrogens (tertiary/aromatic N) is 1. The molecule has 4 N–H and O–H groups in total. The summed E-state index contributed by atoms with van der Waals surface area (Å²) in [5.74, 6) is -0.469. The minimum Gasteiger partial charge on any atom is -0.394 e. The van der Waals surface area contributed by atoms with Crippen molar-refractivity contribution in [2.75, 3.05) is 13.2 Å². The third-order valence-corrected chi connectivity index (χ3v) is 3.66. The number of carbonyl (C=O) groups is 2. The molecule has 0 saturated carbocycles. The average molecular weight is 325 g/mol. The summed E-state index contributed by atoms with van der Waals surface area (Å²) in [6.07, 6.45) is -4.66. The fraction of sp³-hybridized carbons (Fsp3) is 0.778. The first kappa shape index (κ1) is 13.7. The summed E-state index contributed by atoms with van der Waals surface area (Å²) >= 11 is 3.08. The van der Waals surface area contributed by atoms with Crippen LogP contribution in [0.4, 0.5) is 4.79 Å². The molecule has 0 aliphatic carbocycles. The Labute approximate surface area is 111 Å². The quantitative estimate of drug-likeness (QED) is 0.426. The van der Waals surface area contributed by atoms with Gasteiger partial charge in [-0.3, -0.25) is 15.0 Å². The smallest absolute Gasteiger partial charge is 0.326 e. The number of halogens is 1. The molecule has 0 spiro atoms. The minimum absolute atomic E-state index is 0.0112. The molecular weight excluding hydrogens is 312 g/mol. The van der Waals surface area contributed by atoms with E-state index in [9.17, 15) is 19.8 Å². The number of imide groups is 1. The van der Waals surface area contributed by atoms with E-state index in [1.807, 2.05) is 0 Å². The highest BCUT2D eigenvalue weighted by Gasteiger charge is 2.48. The topological polar surface area (TPSA) is 119 Å². The van der Waals surface area contributed by atoms with Crippen molar-refractivity contribution in [3.05, 3.63) is 0 Å². The molecule has 0 bridgehead atoms. The molecule has 2 rings (SSSR count). The molecule has 2 fully saturated rings. The van der Waals surface area contributed by atoms with Crippen molar-refractivity contribution in [3.8, 4) is 0 Å².